The fourth-order valence-corrected chi connectivity index (χ4v) is 4.69. The van der Waals surface area contributed by atoms with E-state index in [0.29, 0.717) is 39.7 Å². The van der Waals surface area contributed by atoms with Crippen LogP contribution >= 0.6 is 35.0 Å². The highest BCUT2D eigenvalue weighted by molar-refractivity contribution is 7.99. The minimum absolute atomic E-state index is 0.106. The van der Waals surface area contributed by atoms with Gasteiger partial charge < -0.3 is 10.1 Å². The topological polar surface area (TPSA) is 69.0 Å². The Morgan fingerprint density at radius 1 is 1.03 bits per heavy atom. The third kappa shape index (κ3) is 5.73. The second-order valence-corrected chi connectivity index (χ2v) is 9.09. The van der Waals surface area contributed by atoms with Crippen molar-refractivity contribution < 1.29 is 9.53 Å². The Morgan fingerprint density at radius 3 is 2.56 bits per heavy atom. The fourth-order valence-electron chi connectivity index (χ4n) is 3.41. The average molecular weight is 513 g/mol. The molecule has 0 spiro atoms. The summed E-state index contributed by atoms with van der Waals surface area (Å²) in [5, 5.41) is 13.5. The molecule has 1 amide bonds. The van der Waals surface area contributed by atoms with Gasteiger partial charge in [0.25, 0.3) is 0 Å². The number of nitrogens with zero attached hydrogens (tertiary/aromatic N) is 3. The van der Waals surface area contributed by atoms with Gasteiger partial charge in [-0.15, -0.1) is 10.2 Å². The maximum atomic E-state index is 12.5. The number of halogens is 2. The van der Waals surface area contributed by atoms with Crippen LogP contribution in [0.2, 0.25) is 10.0 Å². The van der Waals surface area contributed by atoms with Crippen LogP contribution in [0.5, 0.6) is 5.75 Å². The molecule has 1 N–H and O–H groups in total. The first-order valence-corrected chi connectivity index (χ1v) is 12.3. The largest absolute Gasteiger partial charge is 0.495 e. The lowest BCUT2D eigenvalue weighted by molar-refractivity contribution is -0.118. The van der Waals surface area contributed by atoms with Crippen molar-refractivity contribution in [1.29, 1.82) is 0 Å². The zero-order valence-electron chi connectivity index (χ0n) is 18.4. The molecule has 0 bridgehead atoms. The van der Waals surface area contributed by atoms with E-state index in [1.165, 1.54) is 11.8 Å². The van der Waals surface area contributed by atoms with Crippen molar-refractivity contribution in [2.24, 2.45) is 0 Å². The normalized spacial score (nSPS) is 10.8. The summed E-state index contributed by atoms with van der Waals surface area (Å²) < 4.78 is 7.49. The van der Waals surface area contributed by atoms with Crippen LogP contribution in [0.1, 0.15) is 5.56 Å². The quantitative estimate of drug-likeness (QED) is 0.291. The van der Waals surface area contributed by atoms with E-state index in [9.17, 15) is 4.79 Å². The summed E-state index contributed by atoms with van der Waals surface area (Å²) in [6.45, 7) is 0.467. The molecular formula is C25H22Cl2N4O2S. The van der Waals surface area contributed by atoms with Gasteiger partial charge in [-0.1, -0.05) is 83.5 Å². The predicted octanol–water partition coefficient (Wildman–Crippen LogP) is 5.70. The zero-order chi connectivity index (χ0) is 23.9. The molecule has 0 aliphatic carbocycles. The van der Waals surface area contributed by atoms with Crippen molar-refractivity contribution in [1.82, 2.24) is 20.1 Å². The number of rotatable bonds is 9. The molecule has 4 rings (SSSR count). The summed E-state index contributed by atoms with van der Waals surface area (Å²) in [5.74, 6) is 1.44. The summed E-state index contributed by atoms with van der Waals surface area (Å²) in [6, 6.07) is 22.8. The average Bonchev–Trinajstić information content (AvgIpc) is 3.28. The SMILES string of the molecule is COc1ccccc1-n1c(SCC(=O)NCCc2ccc(Cl)cc2Cl)nnc1-c1ccccc1. The van der Waals surface area contributed by atoms with Gasteiger partial charge in [0.1, 0.15) is 5.75 Å². The first kappa shape index (κ1) is 24.1. The minimum atomic E-state index is -0.106. The summed E-state index contributed by atoms with van der Waals surface area (Å²) in [5.41, 5.74) is 2.65. The van der Waals surface area contributed by atoms with Crippen molar-refractivity contribution in [3.63, 3.8) is 0 Å². The summed E-state index contributed by atoms with van der Waals surface area (Å²) in [7, 11) is 1.62. The minimum Gasteiger partial charge on any atom is -0.495 e. The molecule has 0 aliphatic rings. The van der Waals surface area contributed by atoms with E-state index in [-0.39, 0.29) is 11.7 Å². The lowest BCUT2D eigenvalue weighted by Crippen LogP contribution is -2.27. The van der Waals surface area contributed by atoms with E-state index in [1.54, 1.807) is 19.2 Å². The van der Waals surface area contributed by atoms with Gasteiger partial charge in [0.05, 0.1) is 18.6 Å². The van der Waals surface area contributed by atoms with Crippen molar-refractivity contribution in [3.05, 3.63) is 88.4 Å². The molecule has 4 aromatic rings. The molecule has 0 fully saturated rings. The molecule has 0 radical (unpaired) electrons. The van der Waals surface area contributed by atoms with E-state index in [2.05, 4.69) is 15.5 Å². The molecular weight excluding hydrogens is 491 g/mol. The molecule has 0 unspecified atom stereocenters. The molecule has 34 heavy (non-hydrogen) atoms. The lowest BCUT2D eigenvalue weighted by atomic mass is 10.1. The molecule has 0 aliphatic heterocycles. The number of carbonyl (C=O) groups excluding carboxylic acids is 1. The van der Waals surface area contributed by atoms with E-state index in [0.717, 1.165) is 16.8 Å². The maximum absolute atomic E-state index is 12.5. The number of amides is 1. The molecule has 0 saturated heterocycles. The van der Waals surface area contributed by atoms with Gasteiger partial charge in [-0.05, 0) is 36.2 Å². The Labute approximate surface area is 212 Å². The van der Waals surface area contributed by atoms with E-state index in [1.807, 2.05) is 65.2 Å². The highest BCUT2D eigenvalue weighted by atomic mass is 35.5. The van der Waals surface area contributed by atoms with Crippen LogP contribution in [0.25, 0.3) is 17.1 Å². The van der Waals surface area contributed by atoms with E-state index in [4.69, 9.17) is 27.9 Å². The van der Waals surface area contributed by atoms with Gasteiger partial charge in [0, 0.05) is 22.2 Å². The van der Waals surface area contributed by atoms with Crippen molar-refractivity contribution in [2.45, 2.75) is 11.6 Å². The number of thioether (sulfide) groups is 1. The van der Waals surface area contributed by atoms with Gasteiger partial charge in [0.2, 0.25) is 5.91 Å². The lowest BCUT2D eigenvalue weighted by Gasteiger charge is -2.14. The maximum Gasteiger partial charge on any atom is 0.230 e. The van der Waals surface area contributed by atoms with Crippen LogP contribution in [0.15, 0.2) is 78.0 Å². The molecule has 1 aromatic heterocycles. The molecule has 174 valence electrons. The molecule has 1 heterocycles. The number of nitrogens with one attached hydrogen (secondary N) is 1. The number of hydrogen-bond donors (Lipinski definition) is 1. The molecule has 0 saturated carbocycles. The highest BCUT2D eigenvalue weighted by Crippen LogP contribution is 2.32. The Hall–Kier alpha value is -3.00. The number of aromatic nitrogens is 3. The second-order valence-electron chi connectivity index (χ2n) is 7.30. The Balaban J connectivity index is 1.48. The van der Waals surface area contributed by atoms with Crippen LogP contribution in [0.4, 0.5) is 0 Å². The fraction of sp³-hybridized carbons (Fsp3) is 0.160. The third-order valence-electron chi connectivity index (χ3n) is 5.06. The molecule has 9 heteroatoms. The van der Waals surface area contributed by atoms with Crippen molar-refractivity contribution in [3.8, 4) is 22.8 Å². The van der Waals surface area contributed by atoms with Gasteiger partial charge in [-0.2, -0.15) is 0 Å². The smallest absolute Gasteiger partial charge is 0.230 e. The Morgan fingerprint density at radius 2 is 1.79 bits per heavy atom. The predicted molar refractivity (Wildman–Crippen MR) is 137 cm³/mol. The number of hydrogen-bond acceptors (Lipinski definition) is 5. The van der Waals surface area contributed by atoms with Crippen LogP contribution < -0.4 is 10.1 Å². The van der Waals surface area contributed by atoms with Crippen molar-refractivity contribution >= 4 is 40.9 Å². The van der Waals surface area contributed by atoms with Gasteiger partial charge in [-0.3, -0.25) is 9.36 Å². The summed E-state index contributed by atoms with van der Waals surface area (Å²) in [6.07, 6.45) is 0.613. The van der Waals surface area contributed by atoms with E-state index >= 15 is 0 Å². The number of para-hydroxylation sites is 2. The zero-order valence-corrected chi connectivity index (χ0v) is 20.7. The molecule has 3 aromatic carbocycles. The summed E-state index contributed by atoms with van der Waals surface area (Å²) >= 11 is 13.5. The van der Waals surface area contributed by atoms with Crippen LogP contribution in [-0.2, 0) is 11.2 Å². The number of methoxy groups -OCH3 is 1. The number of ether oxygens (including phenoxy) is 1. The number of carbonyl (C=O) groups is 1. The van der Waals surface area contributed by atoms with Gasteiger partial charge in [-0.25, -0.2) is 0 Å². The van der Waals surface area contributed by atoms with Gasteiger partial charge >= 0.3 is 0 Å². The second kappa shape index (κ2) is 11.4. The molecule has 6 nitrogen and oxygen atoms in total. The van der Waals surface area contributed by atoms with Crippen LogP contribution in [0.3, 0.4) is 0 Å². The van der Waals surface area contributed by atoms with E-state index < -0.39 is 0 Å². The Kier molecular flexibility index (Phi) is 8.11. The van der Waals surface area contributed by atoms with Crippen LogP contribution in [0, 0.1) is 0 Å². The molecule has 0 atom stereocenters. The van der Waals surface area contributed by atoms with Crippen molar-refractivity contribution in [2.75, 3.05) is 19.4 Å². The first-order chi connectivity index (χ1) is 16.6. The third-order valence-corrected chi connectivity index (χ3v) is 6.57. The van der Waals surface area contributed by atoms with Crippen LogP contribution in [-0.4, -0.2) is 40.1 Å². The monoisotopic (exact) mass is 512 g/mol. The number of benzene rings is 3. The Bertz CT molecular complexity index is 1280. The highest BCUT2D eigenvalue weighted by Gasteiger charge is 2.19. The van der Waals surface area contributed by atoms with Gasteiger partial charge in [0.15, 0.2) is 11.0 Å². The standard InChI is InChI=1S/C25H22Cl2N4O2S/c1-33-22-10-6-5-9-21(22)31-24(18-7-3-2-4-8-18)29-30-25(31)34-16-23(32)28-14-13-17-11-12-19(26)15-20(17)27/h2-12,15H,13-14,16H2,1H3,(H,28,32). The summed E-state index contributed by atoms with van der Waals surface area (Å²) in [4.78, 5) is 12.5. The first-order valence-electron chi connectivity index (χ1n) is 10.5.